The van der Waals surface area contributed by atoms with Crippen molar-refractivity contribution in [2.24, 2.45) is 5.73 Å². The second kappa shape index (κ2) is 9.74. The first-order chi connectivity index (χ1) is 3.63. The van der Waals surface area contributed by atoms with Gasteiger partial charge in [0.15, 0.2) is 5.96 Å². The van der Waals surface area contributed by atoms with E-state index in [-0.39, 0.29) is 71.6 Å². The monoisotopic (exact) mass is 165 g/mol. The summed E-state index contributed by atoms with van der Waals surface area (Å²) in [6.07, 6.45) is 0. The molecule has 0 aliphatic carbocycles. The van der Waals surface area contributed by atoms with Gasteiger partial charge < -0.3 is 16.2 Å². The molecule has 0 unspecified atom stereocenters. The maximum atomic E-state index is 9.69. The van der Waals surface area contributed by atoms with Gasteiger partial charge in [-0.15, -0.1) is 0 Å². The van der Waals surface area contributed by atoms with Crippen molar-refractivity contribution in [1.29, 1.82) is 5.41 Å². The summed E-state index contributed by atoms with van der Waals surface area (Å²) in [5, 5.41) is 16.5. The quantitative estimate of drug-likeness (QED) is 0.202. The number of carbonyl (C=O) groups is 1. The van der Waals surface area contributed by atoms with Gasteiger partial charge in [-0.05, 0) is 0 Å². The first-order valence-electron chi connectivity index (χ1n) is 1.92. The Kier molecular flexibility index (Phi) is 16.6. The Labute approximate surface area is 103 Å². The number of hydrogen-bond donors (Lipinski definition) is 4. The molecule has 0 saturated heterocycles. The van der Waals surface area contributed by atoms with Crippen molar-refractivity contribution in [2.75, 3.05) is 6.54 Å². The fourth-order valence-electron chi connectivity index (χ4n) is 0.171. The Bertz CT molecular complexity index is 104. The summed E-state index contributed by atoms with van der Waals surface area (Å²) in [4.78, 5) is 9.69. The summed E-state index contributed by atoms with van der Waals surface area (Å²) in [6, 6.07) is 0. The van der Waals surface area contributed by atoms with Crippen molar-refractivity contribution in [1.82, 2.24) is 5.32 Å². The fourth-order valence-corrected chi connectivity index (χ4v) is 0.171. The van der Waals surface area contributed by atoms with Crippen molar-refractivity contribution in [3.63, 3.8) is 0 Å². The Hall–Kier alpha value is 0.740. The third-order valence-corrected chi connectivity index (χ3v) is 0.430. The predicted molar refractivity (Wildman–Crippen MR) is 41.9 cm³/mol. The molecule has 0 spiro atoms. The Morgan fingerprint density at radius 3 is 2.10 bits per heavy atom. The van der Waals surface area contributed by atoms with E-state index in [1.54, 1.807) is 0 Å². The van der Waals surface area contributed by atoms with Crippen LogP contribution in [0.2, 0.25) is 0 Å². The molecule has 0 heterocycles. The first-order valence-corrected chi connectivity index (χ1v) is 1.92. The summed E-state index contributed by atoms with van der Waals surface area (Å²) >= 11 is 0. The van der Waals surface area contributed by atoms with E-state index in [0.717, 1.165) is 0 Å². The van der Waals surface area contributed by atoms with Gasteiger partial charge in [-0.1, -0.05) is 0 Å². The summed E-state index contributed by atoms with van der Waals surface area (Å²) in [6.45, 7) is -0.296. The van der Waals surface area contributed by atoms with Crippen molar-refractivity contribution in [2.45, 2.75) is 0 Å². The van der Waals surface area contributed by atoms with Crippen molar-refractivity contribution < 1.29 is 9.90 Å². The van der Waals surface area contributed by atoms with Crippen LogP contribution in [0.1, 0.15) is 0 Å². The van der Waals surface area contributed by atoms with E-state index >= 15 is 0 Å². The molecule has 0 aliphatic heterocycles. The molecule has 0 aromatic rings. The molecule has 0 bridgehead atoms. The zero-order valence-corrected chi connectivity index (χ0v) is 4.14. The van der Waals surface area contributed by atoms with Crippen molar-refractivity contribution in [3.8, 4) is 0 Å². The van der Waals surface area contributed by atoms with Crippen LogP contribution in [0.4, 0.5) is 0 Å². The first kappa shape index (κ1) is 17.0. The molecule has 0 amide bonds. The molecule has 0 rings (SSSR count). The molecule has 7 heteroatoms. The van der Waals surface area contributed by atoms with Crippen LogP contribution in [-0.4, -0.2) is 82.7 Å². The standard InChI is InChI=1S/C3H7N3O2.2Na.2H/c4-3(5)6-1-2(7)8;;;;/h1H2,(H,7,8)(H4,4,5,6);;;;. The molecule has 0 fully saturated rings. The molecule has 0 aromatic heterocycles. The molecule has 5 N–H and O–H groups in total. The van der Waals surface area contributed by atoms with Gasteiger partial charge in [-0.25, -0.2) is 0 Å². The molecule has 10 heavy (non-hydrogen) atoms. The summed E-state index contributed by atoms with van der Waals surface area (Å²) in [5.41, 5.74) is 4.75. The van der Waals surface area contributed by atoms with Gasteiger partial charge >= 0.3 is 65.1 Å². The van der Waals surface area contributed by atoms with Gasteiger partial charge in [0.2, 0.25) is 0 Å². The van der Waals surface area contributed by atoms with E-state index < -0.39 is 5.97 Å². The Morgan fingerprint density at radius 2 is 2.00 bits per heavy atom. The van der Waals surface area contributed by atoms with Gasteiger partial charge in [-0.2, -0.15) is 0 Å². The van der Waals surface area contributed by atoms with Gasteiger partial charge in [-0.3, -0.25) is 10.2 Å². The number of carboxylic acids is 1. The molecular weight excluding hydrogens is 156 g/mol. The molecule has 0 saturated carbocycles. The van der Waals surface area contributed by atoms with Gasteiger partial charge in [0.25, 0.3) is 0 Å². The van der Waals surface area contributed by atoms with Crippen LogP contribution < -0.4 is 11.1 Å². The van der Waals surface area contributed by atoms with Crippen LogP contribution in [0, 0.1) is 5.41 Å². The second-order valence-corrected chi connectivity index (χ2v) is 1.16. The van der Waals surface area contributed by atoms with Gasteiger partial charge in [0.1, 0.15) is 6.54 Å². The number of aliphatic carboxylic acids is 1. The van der Waals surface area contributed by atoms with Crippen LogP contribution in [0.15, 0.2) is 0 Å². The average molecular weight is 165 g/mol. The number of nitrogens with two attached hydrogens (primary N) is 1. The van der Waals surface area contributed by atoms with Gasteiger partial charge in [0, 0.05) is 0 Å². The SMILES string of the molecule is N=C(N)NCC(=O)O.[NaH].[NaH]. The normalized spacial score (nSPS) is 6.40. The Balaban J connectivity index is -0.000000245. The second-order valence-electron chi connectivity index (χ2n) is 1.16. The molecular formula is C3H9N3Na2O2. The van der Waals surface area contributed by atoms with Crippen LogP contribution >= 0.6 is 0 Å². The van der Waals surface area contributed by atoms with Crippen LogP contribution in [0.25, 0.3) is 0 Å². The molecule has 0 atom stereocenters. The zero-order chi connectivity index (χ0) is 6.57. The van der Waals surface area contributed by atoms with Crippen molar-refractivity contribution >= 4 is 71.0 Å². The van der Waals surface area contributed by atoms with E-state index in [9.17, 15) is 4.79 Å². The minimum absolute atomic E-state index is 0. The number of guanidine groups is 1. The molecule has 5 nitrogen and oxygen atoms in total. The number of nitrogens with one attached hydrogen (secondary N) is 2. The molecule has 0 aliphatic rings. The van der Waals surface area contributed by atoms with Crippen molar-refractivity contribution in [3.05, 3.63) is 0 Å². The predicted octanol–water partition coefficient (Wildman–Crippen LogP) is -2.74. The summed E-state index contributed by atoms with van der Waals surface area (Å²) in [5.74, 6) is -1.35. The Morgan fingerprint density at radius 1 is 1.60 bits per heavy atom. The van der Waals surface area contributed by atoms with Crippen LogP contribution in [-0.2, 0) is 4.79 Å². The van der Waals surface area contributed by atoms with E-state index in [1.165, 1.54) is 0 Å². The molecule has 0 radical (unpaired) electrons. The number of hydrogen-bond acceptors (Lipinski definition) is 2. The summed E-state index contributed by atoms with van der Waals surface area (Å²) in [7, 11) is 0. The minimum atomic E-state index is -1.03. The number of rotatable bonds is 2. The van der Waals surface area contributed by atoms with E-state index in [2.05, 4.69) is 5.32 Å². The zero-order valence-electron chi connectivity index (χ0n) is 4.14. The molecule has 50 valence electrons. The van der Waals surface area contributed by atoms with Crippen LogP contribution in [0.5, 0.6) is 0 Å². The van der Waals surface area contributed by atoms with E-state index in [0.29, 0.717) is 0 Å². The number of carboxylic acid groups (broad SMARTS) is 1. The average Bonchev–Trinajstić information content (AvgIpc) is 1.61. The van der Waals surface area contributed by atoms with E-state index in [1.807, 2.05) is 0 Å². The fraction of sp³-hybridized carbons (Fsp3) is 0.333. The van der Waals surface area contributed by atoms with Gasteiger partial charge in [0.05, 0.1) is 0 Å². The third-order valence-electron chi connectivity index (χ3n) is 0.430. The van der Waals surface area contributed by atoms with E-state index in [4.69, 9.17) is 16.2 Å². The topological polar surface area (TPSA) is 99.2 Å². The molecule has 0 aromatic carbocycles. The maximum absolute atomic E-state index is 9.69. The van der Waals surface area contributed by atoms with Crippen LogP contribution in [0.3, 0.4) is 0 Å². The summed E-state index contributed by atoms with van der Waals surface area (Å²) < 4.78 is 0. The third kappa shape index (κ3) is 15.9.